The number of quaternary nitrogens is 1. The van der Waals surface area contributed by atoms with Crippen molar-refractivity contribution in [3.8, 4) is 5.75 Å². The molecule has 0 radical (unpaired) electrons. The van der Waals surface area contributed by atoms with E-state index >= 15 is 0 Å². The van der Waals surface area contributed by atoms with Crippen molar-refractivity contribution in [2.45, 2.75) is 26.1 Å². The number of hydrazine groups is 1. The molecule has 0 unspecified atom stereocenters. The Balaban J connectivity index is 1.65. The fraction of sp³-hybridized carbons (Fsp3) is 0.500. The van der Waals surface area contributed by atoms with Crippen LogP contribution in [-0.4, -0.2) is 50.3 Å². The van der Waals surface area contributed by atoms with E-state index in [2.05, 4.69) is 10.9 Å². The van der Waals surface area contributed by atoms with Crippen LogP contribution in [0.15, 0.2) is 24.3 Å². The molecular weight excluding hydrogens is 334 g/mol. The zero-order valence-corrected chi connectivity index (χ0v) is 14.6. The van der Waals surface area contributed by atoms with E-state index in [0.29, 0.717) is 10.8 Å². The molecule has 1 aromatic carbocycles. The van der Waals surface area contributed by atoms with Gasteiger partial charge in [-0.15, -0.1) is 0 Å². The molecule has 3 N–H and O–H groups in total. The van der Waals surface area contributed by atoms with E-state index in [-0.39, 0.29) is 31.3 Å². The van der Waals surface area contributed by atoms with E-state index in [0.717, 1.165) is 18.0 Å². The Bertz CT molecular complexity index is 557. The van der Waals surface area contributed by atoms with Gasteiger partial charge in [0, 0.05) is 5.02 Å². The van der Waals surface area contributed by atoms with E-state index in [9.17, 15) is 9.59 Å². The molecule has 2 amide bonds. The number of morpholine rings is 1. The van der Waals surface area contributed by atoms with Gasteiger partial charge < -0.3 is 14.4 Å². The van der Waals surface area contributed by atoms with Crippen molar-refractivity contribution >= 4 is 23.4 Å². The van der Waals surface area contributed by atoms with Crippen molar-refractivity contribution in [3.05, 3.63) is 29.3 Å². The van der Waals surface area contributed by atoms with Crippen molar-refractivity contribution < 1.29 is 24.0 Å². The molecule has 1 aliphatic rings. The van der Waals surface area contributed by atoms with Crippen LogP contribution in [0.5, 0.6) is 5.75 Å². The molecule has 7 nitrogen and oxygen atoms in total. The predicted molar refractivity (Wildman–Crippen MR) is 88.8 cm³/mol. The number of nitrogens with one attached hydrogen (secondary N) is 3. The fourth-order valence-electron chi connectivity index (χ4n) is 2.66. The maximum Gasteiger partial charge on any atom is 0.293 e. The van der Waals surface area contributed by atoms with Crippen LogP contribution in [0.4, 0.5) is 0 Å². The Kier molecular flexibility index (Phi) is 6.84. The lowest BCUT2D eigenvalue weighted by Crippen LogP contribution is -3.16. The number of carbonyl (C=O) groups excluding carboxylic acids is 2. The molecule has 0 spiro atoms. The minimum Gasteiger partial charge on any atom is -0.484 e. The summed E-state index contributed by atoms with van der Waals surface area (Å²) in [7, 11) is 0. The standard InChI is InChI=1S/C16H22ClN3O4/c1-11-7-20(8-12(2)24-11)9-15(21)18-19-16(22)10-23-14-5-3-13(17)4-6-14/h3-6,11-12H,7-10H2,1-2H3,(H,18,21)(H,19,22)/p+1/t11-,12-/m1/s1. The minimum absolute atomic E-state index is 0.124. The molecule has 1 heterocycles. The number of rotatable bonds is 5. The topological polar surface area (TPSA) is 81.1 Å². The summed E-state index contributed by atoms with van der Waals surface area (Å²) in [5, 5.41) is 0.591. The molecule has 132 valence electrons. The highest BCUT2D eigenvalue weighted by Gasteiger charge is 2.27. The summed E-state index contributed by atoms with van der Waals surface area (Å²) < 4.78 is 10.9. The predicted octanol–water partition coefficient (Wildman–Crippen LogP) is -0.442. The quantitative estimate of drug-likeness (QED) is 0.625. The molecule has 2 atom stereocenters. The Morgan fingerprint density at radius 1 is 1.17 bits per heavy atom. The number of ether oxygens (including phenoxy) is 2. The summed E-state index contributed by atoms with van der Waals surface area (Å²) in [4.78, 5) is 24.7. The van der Waals surface area contributed by atoms with Gasteiger partial charge in [0.15, 0.2) is 13.2 Å². The first kappa shape index (κ1) is 18.5. The van der Waals surface area contributed by atoms with Crippen molar-refractivity contribution in [1.29, 1.82) is 0 Å². The van der Waals surface area contributed by atoms with Gasteiger partial charge in [0.05, 0.1) is 0 Å². The SMILES string of the molecule is C[C@@H]1C[NH+](CC(=O)NNC(=O)COc2ccc(Cl)cc2)C[C@@H](C)O1. The number of carbonyl (C=O) groups is 2. The van der Waals surface area contributed by atoms with Crippen molar-refractivity contribution in [1.82, 2.24) is 10.9 Å². The zero-order chi connectivity index (χ0) is 17.5. The smallest absolute Gasteiger partial charge is 0.293 e. The van der Waals surface area contributed by atoms with Crippen molar-refractivity contribution in [3.63, 3.8) is 0 Å². The van der Waals surface area contributed by atoms with Crippen LogP contribution in [-0.2, 0) is 14.3 Å². The largest absolute Gasteiger partial charge is 0.484 e. The van der Waals surface area contributed by atoms with E-state index in [1.54, 1.807) is 24.3 Å². The second-order valence-electron chi connectivity index (χ2n) is 5.93. The highest BCUT2D eigenvalue weighted by Crippen LogP contribution is 2.15. The number of hydrogen-bond acceptors (Lipinski definition) is 4. The average molecular weight is 357 g/mol. The maximum atomic E-state index is 11.9. The highest BCUT2D eigenvalue weighted by atomic mass is 35.5. The molecule has 1 saturated heterocycles. The van der Waals surface area contributed by atoms with Gasteiger partial charge >= 0.3 is 0 Å². The third kappa shape index (κ3) is 6.35. The van der Waals surface area contributed by atoms with Crippen LogP contribution >= 0.6 is 11.6 Å². The summed E-state index contributed by atoms with van der Waals surface area (Å²) in [5.41, 5.74) is 4.75. The molecule has 1 fully saturated rings. The second kappa shape index (κ2) is 8.86. The molecular formula is C16H23ClN3O4+. The van der Waals surface area contributed by atoms with E-state index < -0.39 is 5.91 Å². The van der Waals surface area contributed by atoms with Crippen LogP contribution < -0.4 is 20.5 Å². The minimum atomic E-state index is -0.433. The molecule has 0 aromatic heterocycles. The summed E-state index contributed by atoms with van der Waals surface area (Å²) in [6.45, 7) is 5.61. The van der Waals surface area contributed by atoms with E-state index in [4.69, 9.17) is 21.1 Å². The van der Waals surface area contributed by atoms with Gasteiger partial charge in [0.1, 0.15) is 31.0 Å². The van der Waals surface area contributed by atoms with Gasteiger partial charge in [-0.3, -0.25) is 20.4 Å². The average Bonchev–Trinajstić information content (AvgIpc) is 2.51. The lowest BCUT2D eigenvalue weighted by molar-refractivity contribution is -0.907. The number of benzene rings is 1. The zero-order valence-electron chi connectivity index (χ0n) is 13.8. The highest BCUT2D eigenvalue weighted by molar-refractivity contribution is 6.30. The first-order chi connectivity index (χ1) is 11.4. The van der Waals surface area contributed by atoms with Crippen molar-refractivity contribution in [2.24, 2.45) is 0 Å². The van der Waals surface area contributed by atoms with Gasteiger partial charge in [-0.2, -0.15) is 0 Å². The van der Waals surface area contributed by atoms with Gasteiger partial charge in [0.25, 0.3) is 11.8 Å². The van der Waals surface area contributed by atoms with Gasteiger partial charge in [-0.1, -0.05) is 11.6 Å². The van der Waals surface area contributed by atoms with Gasteiger partial charge in [-0.25, -0.2) is 0 Å². The van der Waals surface area contributed by atoms with Gasteiger partial charge in [-0.05, 0) is 38.1 Å². The van der Waals surface area contributed by atoms with Crippen LogP contribution in [0.1, 0.15) is 13.8 Å². The van der Waals surface area contributed by atoms with Crippen LogP contribution in [0.25, 0.3) is 0 Å². The van der Waals surface area contributed by atoms with Crippen LogP contribution in [0, 0.1) is 0 Å². The van der Waals surface area contributed by atoms with Crippen LogP contribution in [0.3, 0.4) is 0 Å². The molecule has 8 heteroatoms. The number of hydrogen-bond donors (Lipinski definition) is 3. The molecule has 0 aliphatic carbocycles. The lowest BCUT2D eigenvalue weighted by Gasteiger charge is -2.31. The summed E-state index contributed by atoms with van der Waals surface area (Å²) in [6, 6.07) is 6.67. The van der Waals surface area contributed by atoms with E-state index in [1.807, 2.05) is 13.8 Å². The normalized spacial score (nSPS) is 23.4. The molecule has 0 saturated carbocycles. The number of halogens is 1. The molecule has 1 aliphatic heterocycles. The monoisotopic (exact) mass is 356 g/mol. The molecule has 1 aromatic rings. The maximum absolute atomic E-state index is 11.9. The third-order valence-corrected chi connectivity index (χ3v) is 3.80. The van der Waals surface area contributed by atoms with Crippen LogP contribution in [0.2, 0.25) is 5.02 Å². The molecule has 0 bridgehead atoms. The summed E-state index contributed by atoms with van der Waals surface area (Å²) in [5.74, 6) is -0.148. The molecule has 24 heavy (non-hydrogen) atoms. The van der Waals surface area contributed by atoms with Crippen molar-refractivity contribution in [2.75, 3.05) is 26.2 Å². The Labute approximate surface area is 146 Å². The second-order valence-corrected chi connectivity index (χ2v) is 6.37. The fourth-order valence-corrected chi connectivity index (χ4v) is 2.79. The first-order valence-corrected chi connectivity index (χ1v) is 8.25. The Hall–Kier alpha value is -1.83. The van der Waals surface area contributed by atoms with Gasteiger partial charge in [0.2, 0.25) is 0 Å². The number of amides is 2. The Morgan fingerprint density at radius 2 is 1.75 bits per heavy atom. The third-order valence-electron chi connectivity index (χ3n) is 3.55. The van der Waals surface area contributed by atoms with E-state index in [1.165, 1.54) is 0 Å². The summed E-state index contributed by atoms with van der Waals surface area (Å²) in [6.07, 6.45) is 0.248. The summed E-state index contributed by atoms with van der Waals surface area (Å²) >= 11 is 5.76. The Morgan fingerprint density at radius 3 is 2.38 bits per heavy atom. The molecule has 2 rings (SSSR count). The lowest BCUT2D eigenvalue weighted by atomic mass is 10.2. The first-order valence-electron chi connectivity index (χ1n) is 7.87.